The number of hydrogen-bond donors (Lipinski definition) is 2. The van der Waals surface area contributed by atoms with Crippen LogP contribution < -0.4 is 10.5 Å². The lowest BCUT2D eigenvalue weighted by molar-refractivity contribution is -0.149. The zero-order chi connectivity index (χ0) is 14.5. The van der Waals surface area contributed by atoms with Crippen LogP contribution in [0.2, 0.25) is 0 Å². The fraction of sp³-hybridized carbons (Fsp3) is 0.533. The summed E-state index contributed by atoms with van der Waals surface area (Å²) < 4.78 is 5.17. The van der Waals surface area contributed by atoms with Gasteiger partial charge >= 0.3 is 5.97 Å². The minimum atomic E-state index is -0.902. The third kappa shape index (κ3) is 3.96. The number of ether oxygens (including phenoxy) is 1. The van der Waals surface area contributed by atoms with Crippen molar-refractivity contribution < 1.29 is 14.6 Å². The second kappa shape index (κ2) is 6.57. The summed E-state index contributed by atoms with van der Waals surface area (Å²) in [5.41, 5.74) is 5.80. The molecular formula is C15H23NO3. The van der Waals surface area contributed by atoms with Gasteiger partial charge in [-0.2, -0.15) is 0 Å². The molecule has 0 aliphatic heterocycles. The molecule has 1 aromatic rings. The molecule has 19 heavy (non-hydrogen) atoms. The van der Waals surface area contributed by atoms with Gasteiger partial charge < -0.3 is 15.6 Å². The molecule has 106 valence electrons. The molecule has 4 nitrogen and oxygen atoms in total. The molecule has 0 radical (unpaired) electrons. The van der Waals surface area contributed by atoms with Gasteiger partial charge in [0.25, 0.3) is 0 Å². The Labute approximate surface area is 114 Å². The lowest BCUT2D eigenvalue weighted by Gasteiger charge is -2.30. The minimum absolute atomic E-state index is 0.137. The summed E-state index contributed by atoms with van der Waals surface area (Å²) in [6.45, 7) is 4.16. The molecule has 0 aromatic heterocycles. The first-order valence-electron chi connectivity index (χ1n) is 6.50. The topological polar surface area (TPSA) is 72.5 Å². The molecule has 0 amide bonds. The van der Waals surface area contributed by atoms with E-state index in [-0.39, 0.29) is 12.5 Å². The van der Waals surface area contributed by atoms with Crippen LogP contribution >= 0.6 is 0 Å². The Balaban J connectivity index is 3.02. The molecule has 3 N–H and O–H groups in total. The van der Waals surface area contributed by atoms with E-state index in [4.69, 9.17) is 10.5 Å². The molecule has 0 aliphatic rings. The number of methoxy groups -OCH3 is 1. The highest BCUT2D eigenvalue weighted by Gasteiger charge is 2.37. The Hall–Kier alpha value is -1.55. The SMILES string of the molecule is COc1cccc(CC(CN)(CC(C)C)C(=O)O)c1. The van der Waals surface area contributed by atoms with Crippen molar-refractivity contribution in [1.82, 2.24) is 0 Å². The quantitative estimate of drug-likeness (QED) is 0.793. The van der Waals surface area contributed by atoms with Gasteiger partial charge in [-0.1, -0.05) is 26.0 Å². The number of hydrogen-bond acceptors (Lipinski definition) is 3. The van der Waals surface area contributed by atoms with Crippen molar-refractivity contribution in [2.45, 2.75) is 26.7 Å². The van der Waals surface area contributed by atoms with Crippen molar-refractivity contribution >= 4 is 5.97 Å². The van der Waals surface area contributed by atoms with Crippen molar-refractivity contribution in [2.75, 3.05) is 13.7 Å². The molecule has 0 aliphatic carbocycles. The van der Waals surface area contributed by atoms with E-state index in [1.807, 2.05) is 38.1 Å². The van der Waals surface area contributed by atoms with E-state index < -0.39 is 11.4 Å². The maximum Gasteiger partial charge on any atom is 0.311 e. The van der Waals surface area contributed by atoms with E-state index in [0.717, 1.165) is 11.3 Å². The zero-order valence-electron chi connectivity index (χ0n) is 11.8. The summed E-state index contributed by atoms with van der Waals surface area (Å²) in [5.74, 6) is 0.190. The average Bonchev–Trinajstić information content (AvgIpc) is 2.37. The van der Waals surface area contributed by atoms with Crippen LogP contribution in [-0.4, -0.2) is 24.7 Å². The molecule has 0 saturated carbocycles. The van der Waals surface area contributed by atoms with Crippen molar-refractivity contribution in [3.8, 4) is 5.75 Å². The number of carboxylic acids is 1. The van der Waals surface area contributed by atoms with E-state index >= 15 is 0 Å². The van der Waals surface area contributed by atoms with Gasteiger partial charge in [0.2, 0.25) is 0 Å². The van der Waals surface area contributed by atoms with Crippen LogP contribution in [0.3, 0.4) is 0 Å². The molecule has 0 fully saturated rings. The normalized spacial score (nSPS) is 14.2. The summed E-state index contributed by atoms with van der Waals surface area (Å²) in [4.78, 5) is 11.6. The van der Waals surface area contributed by atoms with Gasteiger partial charge in [0.15, 0.2) is 0 Å². The van der Waals surface area contributed by atoms with Gasteiger partial charge in [-0.05, 0) is 36.5 Å². The Kier molecular flexibility index (Phi) is 5.36. The molecule has 0 saturated heterocycles. The Bertz CT molecular complexity index is 431. The molecule has 0 heterocycles. The van der Waals surface area contributed by atoms with E-state index in [1.54, 1.807) is 7.11 Å². The average molecular weight is 265 g/mol. The van der Waals surface area contributed by atoms with E-state index in [2.05, 4.69) is 0 Å². The number of aliphatic carboxylic acids is 1. The summed E-state index contributed by atoms with van der Waals surface area (Å²) in [6, 6.07) is 7.49. The molecule has 1 unspecified atom stereocenters. The van der Waals surface area contributed by atoms with Crippen LogP contribution in [0.4, 0.5) is 0 Å². The second-order valence-corrected chi connectivity index (χ2v) is 5.42. The van der Waals surface area contributed by atoms with Crippen molar-refractivity contribution in [1.29, 1.82) is 0 Å². The molecule has 1 aromatic carbocycles. The second-order valence-electron chi connectivity index (χ2n) is 5.42. The van der Waals surface area contributed by atoms with Crippen molar-refractivity contribution in [3.05, 3.63) is 29.8 Å². The van der Waals surface area contributed by atoms with Gasteiger partial charge in [0, 0.05) is 6.54 Å². The molecule has 1 rings (SSSR count). The number of carbonyl (C=O) groups is 1. The van der Waals surface area contributed by atoms with Crippen LogP contribution in [0.1, 0.15) is 25.8 Å². The summed E-state index contributed by atoms with van der Waals surface area (Å²) in [7, 11) is 1.60. The first-order chi connectivity index (χ1) is 8.93. The monoisotopic (exact) mass is 265 g/mol. The standard InChI is InChI=1S/C15H23NO3/c1-11(2)8-15(10-16,14(17)18)9-12-5-4-6-13(7-12)19-3/h4-7,11H,8-10,16H2,1-3H3,(H,17,18). The van der Waals surface area contributed by atoms with E-state index in [0.29, 0.717) is 12.8 Å². The zero-order valence-corrected chi connectivity index (χ0v) is 11.8. The number of carboxylic acid groups (broad SMARTS) is 1. The smallest absolute Gasteiger partial charge is 0.311 e. The van der Waals surface area contributed by atoms with Gasteiger partial charge in [-0.25, -0.2) is 0 Å². The first kappa shape index (κ1) is 15.5. The Morgan fingerprint density at radius 1 is 1.47 bits per heavy atom. The van der Waals surface area contributed by atoms with Crippen LogP contribution in [0.5, 0.6) is 5.75 Å². The molecule has 0 spiro atoms. The van der Waals surface area contributed by atoms with Gasteiger partial charge in [-0.3, -0.25) is 4.79 Å². The van der Waals surface area contributed by atoms with Crippen LogP contribution in [0.25, 0.3) is 0 Å². The lowest BCUT2D eigenvalue weighted by Crippen LogP contribution is -2.41. The summed E-state index contributed by atoms with van der Waals surface area (Å²) in [5, 5.41) is 9.55. The van der Waals surface area contributed by atoms with Crippen molar-refractivity contribution in [2.24, 2.45) is 17.1 Å². The summed E-state index contributed by atoms with van der Waals surface area (Å²) >= 11 is 0. The predicted molar refractivity (Wildman–Crippen MR) is 75.3 cm³/mol. The number of benzene rings is 1. The first-order valence-corrected chi connectivity index (χ1v) is 6.50. The third-order valence-electron chi connectivity index (χ3n) is 3.32. The fourth-order valence-electron chi connectivity index (χ4n) is 2.43. The highest BCUT2D eigenvalue weighted by Crippen LogP contribution is 2.31. The summed E-state index contributed by atoms with van der Waals surface area (Å²) in [6.07, 6.45) is 0.990. The van der Waals surface area contributed by atoms with Crippen LogP contribution in [-0.2, 0) is 11.2 Å². The highest BCUT2D eigenvalue weighted by molar-refractivity contribution is 5.75. The van der Waals surface area contributed by atoms with Crippen molar-refractivity contribution in [3.63, 3.8) is 0 Å². The van der Waals surface area contributed by atoms with Gasteiger partial charge in [0.1, 0.15) is 5.75 Å². The Morgan fingerprint density at radius 2 is 2.16 bits per heavy atom. The Morgan fingerprint density at radius 3 is 2.63 bits per heavy atom. The number of nitrogens with two attached hydrogens (primary N) is 1. The maximum atomic E-state index is 11.6. The van der Waals surface area contributed by atoms with Gasteiger partial charge in [0.05, 0.1) is 12.5 Å². The third-order valence-corrected chi connectivity index (χ3v) is 3.32. The molecular weight excluding hydrogens is 242 g/mol. The lowest BCUT2D eigenvalue weighted by atomic mass is 9.75. The fourth-order valence-corrected chi connectivity index (χ4v) is 2.43. The predicted octanol–water partition coefficient (Wildman–Crippen LogP) is 2.31. The number of rotatable bonds is 7. The largest absolute Gasteiger partial charge is 0.497 e. The van der Waals surface area contributed by atoms with Gasteiger partial charge in [-0.15, -0.1) is 0 Å². The molecule has 0 bridgehead atoms. The maximum absolute atomic E-state index is 11.6. The molecule has 1 atom stereocenters. The van der Waals surface area contributed by atoms with E-state index in [1.165, 1.54) is 0 Å². The van der Waals surface area contributed by atoms with E-state index in [9.17, 15) is 9.90 Å². The van der Waals surface area contributed by atoms with Crippen LogP contribution in [0, 0.1) is 11.3 Å². The minimum Gasteiger partial charge on any atom is -0.497 e. The van der Waals surface area contributed by atoms with Crippen LogP contribution in [0.15, 0.2) is 24.3 Å². The highest BCUT2D eigenvalue weighted by atomic mass is 16.5. The molecule has 4 heteroatoms.